The minimum Gasteiger partial charge on any atom is -0.361 e. The molecule has 0 saturated heterocycles. The van der Waals surface area contributed by atoms with E-state index in [0.29, 0.717) is 25.5 Å². The number of nitrogens with zero attached hydrogens (tertiary/aromatic N) is 1. The zero-order valence-electron chi connectivity index (χ0n) is 15.8. The number of nitrogens with one attached hydrogen (secondary N) is 3. The Morgan fingerprint density at radius 2 is 2.00 bits per heavy atom. The summed E-state index contributed by atoms with van der Waals surface area (Å²) in [7, 11) is -2.08. The fourth-order valence-electron chi connectivity index (χ4n) is 2.91. The first-order valence-corrected chi connectivity index (χ1v) is 10.2. The van der Waals surface area contributed by atoms with E-state index in [9.17, 15) is 12.8 Å². The molecule has 29 heavy (non-hydrogen) atoms. The van der Waals surface area contributed by atoms with Gasteiger partial charge in [-0.05, 0) is 47.9 Å². The second-order valence-electron chi connectivity index (χ2n) is 6.30. The molecule has 3 aromatic rings. The molecule has 0 fully saturated rings. The molecule has 5 N–H and O–H groups in total. The summed E-state index contributed by atoms with van der Waals surface area (Å²) >= 11 is 0. The number of guanidine groups is 1. The van der Waals surface area contributed by atoms with Gasteiger partial charge in [0.05, 0.1) is 4.90 Å². The van der Waals surface area contributed by atoms with Crippen molar-refractivity contribution in [1.29, 1.82) is 0 Å². The lowest BCUT2D eigenvalue weighted by molar-refractivity contribution is 0.597. The van der Waals surface area contributed by atoms with Crippen molar-refractivity contribution in [3.63, 3.8) is 0 Å². The van der Waals surface area contributed by atoms with Crippen molar-refractivity contribution in [2.45, 2.75) is 17.9 Å². The first-order chi connectivity index (χ1) is 13.4. The molecule has 0 bridgehead atoms. The van der Waals surface area contributed by atoms with Gasteiger partial charge in [0, 0.05) is 37.2 Å². The Morgan fingerprint density at radius 3 is 2.72 bits per heavy atom. The van der Waals surface area contributed by atoms with Gasteiger partial charge in [-0.2, -0.15) is 0 Å². The van der Waals surface area contributed by atoms with Gasteiger partial charge >= 0.3 is 0 Å². The van der Waals surface area contributed by atoms with Crippen molar-refractivity contribution in [2.24, 2.45) is 10.1 Å². The molecule has 0 aliphatic carbocycles. The Labute approximate surface area is 186 Å². The summed E-state index contributed by atoms with van der Waals surface area (Å²) in [5.41, 5.74) is 2.67. The van der Waals surface area contributed by atoms with E-state index in [1.165, 1.54) is 24.3 Å². The molecule has 2 aromatic carbocycles. The molecule has 0 saturated carbocycles. The van der Waals surface area contributed by atoms with Crippen molar-refractivity contribution in [2.75, 3.05) is 13.6 Å². The molecule has 0 amide bonds. The van der Waals surface area contributed by atoms with Crippen LogP contribution in [0.4, 0.5) is 4.39 Å². The van der Waals surface area contributed by atoms with Crippen LogP contribution in [-0.4, -0.2) is 33.0 Å². The molecule has 7 nitrogen and oxygen atoms in total. The summed E-state index contributed by atoms with van der Waals surface area (Å²) in [5.74, 6) is 0.313. The summed E-state index contributed by atoms with van der Waals surface area (Å²) in [6.07, 6.45) is 2.56. The van der Waals surface area contributed by atoms with Crippen LogP contribution in [-0.2, 0) is 23.0 Å². The maximum Gasteiger partial charge on any atom is 0.238 e. The first-order valence-electron chi connectivity index (χ1n) is 8.68. The molecule has 156 valence electrons. The monoisotopic (exact) mass is 531 g/mol. The van der Waals surface area contributed by atoms with Gasteiger partial charge < -0.3 is 15.6 Å². The number of nitrogens with two attached hydrogens (primary N) is 1. The zero-order chi connectivity index (χ0) is 20.1. The Balaban J connectivity index is 0.00000300. The average molecular weight is 531 g/mol. The summed E-state index contributed by atoms with van der Waals surface area (Å²) in [6.45, 7) is 0.988. The van der Waals surface area contributed by atoms with Crippen LogP contribution >= 0.6 is 24.0 Å². The summed E-state index contributed by atoms with van der Waals surface area (Å²) < 4.78 is 36.3. The lowest BCUT2D eigenvalue weighted by atomic mass is 10.1. The number of hydrogen-bond acceptors (Lipinski definition) is 3. The number of halogens is 2. The quantitative estimate of drug-likeness (QED) is 0.223. The van der Waals surface area contributed by atoms with Crippen LogP contribution in [0.3, 0.4) is 0 Å². The summed E-state index contributed by atoms with van der Waals surface area (Å²) in [5, 5.41) is 12.3. The van der Waals surface area contributed by atoms with Crippen LogP contribution in [0.1, 0.15) is 11.1 Å². The van der Waals surface area contributed by atoms with Crippen LogP contribution in [0.5, 0.6) is 0 Å². The van der Waals surface area contributed by atoms with Gasteiger partial charge in [0.15, 0.2) is 5.96 Å². The van der Waals surface area contributed by atoms with E-state index >= 15 is 0 Å². The average Bonchev–Trinajstić information content (AvgIpc) is 3.06. The number of H-pyrrole nitrogens is 1. The smallest absolute Gasteiger partial charge is 0.238 e. The highest BCUT2D eigenvalue weighted by atomic mass is 127. The third-order valence-corrected chi connectivity index (χ3v) is 5.24. The number of benzene rings is 2. The molecular weight excluding hydrogens is 508 g/mol. The molecule has 0 aliphatic rings. The van der Waals surface area contributed by atoms with Gasteiger partial charge in [-0.1, -0.05) is 12.1 Å². The topological polar surface area (TPSA) is 112 Å². The van der Waals surface area contributed by atoms with Crippen molar-refractivity contribution >= 4 is 50.9 Å². The Hall–Kier alpha value is -2.18. The van der Waals surface area contributed by atoms with Gasteiger partial charge in [-0.25, -0.2) is 17.9 Å². The lowest BCUT2D eigenvalue weighted by Crippen LogP contribution is -2.37. The predicted molar refractivity (Wildman–Crippen MR) is 123 cm³/mol. The van der Waals surface area contributed by atoms with Crippen molar-refractivity contribution < 1.29 is 12.8 Å². The van der Waals surface area contributed by atoms with Gasteiger partial charge in [0.1, 0.15) is 5.82 Å². The second-order valence-corrected chi connectivity index (χ2v) is 7.86. The first kappa shape index (κ1) is 23.1. The minimum absolute atomic E-state index is 0. The van der Waals surface area contributed by atoms with E-state index in [1.54, 1.807) is 25.2 Å². The minimum atomic E-state index is -3.73. The number of fused-ring (bicyclic) bond motifs is 1. The van der Waals surface area contributed by atoms with Crippen molar-refractivity contribution in [1.82, 2.24) is 15.6 Å². The number of aromatic amines is 1. The maximum atomic E-state index is 13.5. The molecular formula is C19H23FIN5O2S. The van der Waals surface area contributed by atoms with E-state index in [0.717, 1.165) is 22.0 Å². The molecule has 0 aliphatic heterocycles. The number of aromatic nitrogens is 1. The van der Waals surface area contributed by atoms with E-state index in [1.807, 2.05) is 6.20 Å². The fourth-order valence-corrected chi connectivity index (χ4v) is 3.50. The van der Waals surface area contributed by atoms with E-state index in [2.05, 4.69) is 20.6 Å². The normalized spacial score (nSPS) is 11.9. The van der Waals surface area contributed by atoms with Gasteiger partial charge in [-0.3, -0.25) is 4.99 Å². The third-order valence-electron chi connectivity index (χ3n) is 4.33. The maximum absolute atomic E-state index is 13.5. The van der Waals surface area contributed by atoms with Gasteiger partial charge in [0.2, 0.25) is 10.0 Å². The highest BCUT2D eigenvalue weighted by Crippen LogP contribution is 2.19. The van der Waals surface area contributed by atoms with E-state index < -0.39 is 10.0 Å². The number of rotatable bonds is 6. The van der Waals surface area contributed by atoms with Crippen LogP contribution < -0.4 is 15.8 Å². The molecule has 3 rings (SSSR count). The predicted octanol–water partition coefficient (Wildman–Crippen LogP) is 2.48. The Bertz CT molecular complexity index is 1110. The number of primary sulfonamides is 1. The van der Waals surface area contributed by atoms with E-state index in [4.69, 9.17) is 5.14 Å². The molecule has 0 radical (unpaired) electrons. The van der Waals surface area contributed by atoms with E-state index in [-0.39, 0.29) is 34.7 Å². The summed E-state index contributed by atoms with van der Waals surface area (Å²) in [4.78, 5) is 7.36. The Kier molecular flexibility index (Phi) is 7.99. The largest absolute Gasteiger partial charge is 0.361 e. The standard InChI is InChI=1S/C19H22FN5O2S.HI/c1-22-19(25-11-13-3-2-4-16(9-13)28(21,26)27)23-8-7-14-12-24-18-6-5-15(20)10-17(14)18;/h2-6,9-10,12,24H,7-8,11H2,1H3,(H2,21,26,27)(H2,22,23,25);1H. The third kappa shape index (κ3) is 6.15. The Morgan fingerprint density at radius 1 is 1.21 bits per heavy atom. The molecule has 0 spiro atoms. The number of hydrogen-bond donors (Lipinski definition) is 4. The molecule has 1 aromatic heterocycles. The van der Waals surface area contributed by atoms with Crippen molar-refractivity contribution in [3.05, 3.63) is 65.6 Å². The lowest BCUT2D eigenvalue weighted by Gasteiger charge is -2.12. The molecule has 0 atom stereocenters. The van der Waals surface area contributed by atoms with Crippen LogP contribution in [0.25, 0.3) is 10.9 Å². The van der Waals surface area contributed by atoms with Gasteiger partial charge in [0.25, 0.3) is 0 Å². The zero-order valence-corrected chi connectivity index (χ0v) is 18.9. The number of sulfonamides is 1. The second kappa shape index (κ2) is 10.0. The SMILES string of the molecule is CN=C(NCCc1c[nH]c2ccc(F)cc12)NCc1cccc(S(N)(=O)=O)c1.I. The van der Waals surface area contributed by atoms with Crippen LogP contribution in [0.15, 0.2) is 58.5 Å². The van der Waals surface area contributed by atoms with Crippen LogP contribution in [0, 0.1) is 5.82 Å². The van der Waals surface area contributed by atoms with Gasteiger partial charge in [-0.15, -0.1) is 24.0 Å². The van der Waals surface area contributed by atoms with Crippen molar-refractivity contribution in [3.8, 4) is 0 Å². The summed E-state index contributed by atoms with van der Waals surface area (Å²) in [6, 6.07) is 11.1. The highest BCUT2D eigenvalue weighted by Gasteiger charge is 2.09. The van der Waals surface area contributed by atoms with Crippen LogP contribution in [0.2, 0.25) is 0 Å². The number of aliphatic imine (C=N–C) groups is 1. The molecule has 0 unspecified atom stereocenters. The molecule has 1 heterocycles. The fraction of sp³-hybridized carbons (Fsp3) is 0.211. The highest BCUT2D eigenvalue weighted by molar-refractivity contribution is 14.0. The molecule has 10 heteroatoms.